The van der Waals surface area contributed by atoms with E-state index >= 15 is 0 Å². The molecule has 4 heteroatoms. The highest BCUT2D eigenvalue weighted by atomic mass is 16.1. The van der Waals surface area contributed by atoms with Crippen molar-refractivity contribution in [3.05, 3.63) is 0 Å². The van der Waals surface area contributed by atoms with Crippen molar-refractivity contribution in [3.63, 3.8) is 0 Å². The SMILES string of the molecule is CC1CCC(N=C=O)(N=C=O)CC1. The third-order valence-corrected chi connectivity index (χ3v) is 2.58. The quantitative estimate of drug-likeness (QED) is 0.478. The molecule has 1 aliphatic rings. The zero-order valence-electron chi connectivity index (χ0n) is 7.62. The molecule has 0 amide bonds. The summed E-state index contributed by atoms with van der Waals surface area (Å²) in [5.74, 6) is 0.622. The summed E-state index contributed by atoms with van der Waals surface area (Å²) in [6.45, 7) is 2.14. The molecule has 0 unspecified atom stereocenters. The summed E-state index contributed by atoms with van der Waals surface area (Å²) in [7, 11) is 0. The molecule has 70 valence electrons. The van der Waals surface area contributed by atoms with Gasteiger partial charge in [-0.25, -0.2) is 9.59 Å². The maximum absolute atomic E-state index is 10.2. The van der Waals surface area contributed by atoms with Crippen LogP contribution >= 0.6 is 0 Å². The number of carbonyl (C=O) groups excluding carboxylic acids is 2. The zero-order valence-corrected chi connectivity index (χ0v) is 7.62. The Balaban J connectivity index is 2.80. The highest BCUT2D eigenvalue weighted by Crippen LogP contribution is 2.35. The molecule has 13 heavy (non-hydrogen) atoms. The van der Waals surface area contributed by atoms with Crippen LogP contribution in [0.2, 0.25) is 0 Å². The second-order valence-electron chi connectivity index (χ2n) is 3.57. The first-order chi connectivity index (χ1) is 6.22. The van der Waals surface area contributed by atoms with Crippen LogP contribution in [0.1, 0.15) is 32.6 Å². The number of aliphatic imine (C=N–C) groups is 2. The molecule has 1 saturated carbocycles. The normalized spacial score (nSPS) is 32.8. The van der Waals surface area contributed by atoms with Gasteiger partial charge in [0, 0.05) is 0 Å². The van der Waals surface area contributed by atoms with E-state index in [4.69, 9.17) is 0 Å². The molecule has 1 aliphatic carbocycles. The van der Waals surface area contributed by atoms with Crippen LogP contribution in [0.25, 0.3) is 0 Å². The summed E-state index contributed by atoms with van der Waals surface area (Å²) in [6.07, 6.45) is 6.15. The number of hydrogen-bond donors (Lipinski definition) is 0. The van der Waals surface area contributed by atoms with E-state index in [1.807, 2.05) is 0 Å². The molecular formula is C9H12N2O2. The number of rotatable bonds is 2. The standard InChI is InChI=1S/C9H12N2O2/c1-8-2-4-9(5-3-8,10-6-12)11-7-13/h8H,2-5H2,1H3. The molecule has 0 N–H and O–H groups in total. The van der Waals surface area contributed by atoms with E-state index in [9.17, 15) is 9.59 Å². The fourth-order valence-corrected chi connectivity index (χ4v) is 1.64. The predicted molar refractivity (Wildman–Crippen MR) is 46.6 cm³/mol. The van der Waals surface area contributed by atoms with Gasteiger partial charge < -0.3 is 0 Å². The molecule has 1 rings (SSSR count). The molecule has 0 radical (unpaired) electrons. The van der Waals surface area contributed by atoms with Gasteiger partial charge in [0.1, 0.15) is 0 Å². The Morgan fingerprint density at radius 2 is 1.62 bits per heavy atom. The highest BCUT2D eigenvalue weighted by molar-refractivity contribution is 5.39. The summed E-state index contributed by atoms with van der Waals surface area (Å²) in [4.78, 5) is 27.5. The average molecular weight is 180 g/mol. The van der Waals surface area contributed by atoms with E-state index in [0.717, 1.165) is 12.8 Å². The monoisotopic (exact) mass is 180 g/mol. The topological polar surface area (TPSA) is 58.9 Å². The Morgan fingerprint density at radius 1 is 1.15 bits per heavy atom. The molecule has 0 aliphatic heterocycles. The molecule has 4 nitrogen and oxygen atoms in total. The molecule has 0 bridgehead atoms. The van der Waals surface area contributed by atoms with Crippen molar-refractivity contribution < 1.29 is 9.59 Å². The number of nitrogens with zero attached hydrogens (tertiary/aromatic N) is 2. The maximum Gasteiger partial charge on any atom is 0.237 e. The highest BCUT2D eigenvalue weighted by Gasteiger charge is 2.33. The molecule has 0 spiro atoms. The van der Waals surface area contributed by atoms with Crippen molar-refractivity contribution in [1.82, 2.24) is 0 Å². The number of hydrogen-bond acceptors (Lipinski definition) is 4. The Hall–Kier alpha value is -1.24. The predicted octanol–water partition coefficient (Wildman–Crippen LogP) is 1.56. The van der Waals surface area contributed by atoms with Gasteiger partial charge in [-0.2, -0.15) is 9.98 Å². The van der Waals surface area contributed by atoms with Gasteiger partial charge in [-0.3, -0.25) is 0 Å². The Bertz CT molecular complexity index is 247. The molecule has 0 saturated heterocycles. The van der Waals surface area contributed by atoms with Crippen LogP contribution in [-0.4, -0.2) is 17.8 Å². The first-order valence-corrected chi connectivity index (χ1v) is 4.40. The first-order valence-electron chi connectivity index (χ1n) is 4.40. The van der Waals surface area contributed by atoms with E-state index in [0.29, 0.717) is 18.8 Å². The minimum absolute atomic E-state index is 0.622. The van der Waals surface area contributed by atoms with Crippen molar-refractivity contribution in [1.29, 1.82) is 0 Å². The van der Waals surface area contributed by atoms with Gasteiger partial charge in [0.2, 0.25) is 12.2 Å². The summed E-state index contributed by atoms with van der Waals surface area (Å²) in [5, 5.41) is 0. The molecule has 0 atom stereocenters. The van der Waals surface area contributed by atoms with Crippen LogP contribution < -0.4 is 0 Å². The van der Waals surface area contributed by atoms with E-state index in [2.05, 4.69) is 16.9 Å². The summed E-state index contributed by atoms with van der Waals surface area (Å²) < 4.78 is 0. The Kier molecular flexibility index (Phi) is 3.13. The molecular weight excluding hydrogens is 168 g/mol. The Labute approximate surface area is 76.8 Å². The summed E-state index contributed by atoms with van der Waals surface area (Å²) in [5.41, 5.74) is -0.837. The fourth-order valence-electron chi connectivity index (χ4n) is 1.64. The lowest BCUT2D eigenvalue weighted by Crippen LogP contribution is -2.29. The second-order valence-corrected chi connectivity index (χ2v) is 3.57. The van der Waals surface area contributed by atoms with E-state index in [-0.39, 0.29) is 0 Å². The lowest BCUT2D eigenvalue weighted by atomic mass is 9.83. The smallest absolute Gasteiger partial charge is 0.211 e. The summed E-state index contributed by atoms with van der Waals surface area (Å²) >= 11 is 0. The third-order valence-electron chi connectivity index (χ3n) is 2.58. The van der Waals surface area contributed by atoms with Crippen LogP contribution in [0.5, 0.6) is 0 Å². The molecule has 0 aromatic rings. The largest absolute Gasteiger partial charge is 0.237 e. The van der Waals surface area contributed by atoms with Crippen molar-refractivity contribution >= 4 is 12.2 Å². The molecule has 0 aromatic carbocycles. The van der Waals surface area contributed by atoms with Crippen molar-refractivity contribution in [2.45, 2.75) is 38.3 Å². The van der Waals surface area contributed by atoms with Gasteiger partial charge >= 0.3 is 0 Å². The maximum atomic E-state index is 10.2. The van der Waals surface area contributed by atoms with E-state index in [1.165, 1.54) is 12.2 Å². The van der Waals surface area contributed by atoms with Crippen molar-refractivity contribution in [2.24, 2.45) is 15.9 Å². The van der Waals surface area contributed by atoms with Gasteiger partial charge in [-0.15, -0.1) is 0 Å². The zero-order chi connectivity index (χ0) is 9.73. The fraction of sp³-hybridized carbons (Fsp3) is 0.778. The van der Waals surface area contributed by atoms with Crippen LogP contribution in [0.4, 0.5) is 0 Å². The van der Waals surface area contributed by atoms with Crippen LogP contribution in [0.15, 0.2) is 9.98 Å². The van der Waals surface area contributed by atoms with Crippen LogP contribution in [0, 0.1) is 5.92 Å². The number of isocyanates is 2. The van der Waals surface area contributed by atoms with Crippen molar-refractivity contribution in [3.8, 4) is 0 Å². The lowest BCUT2D eigenvalue weighted by molar-refractivity contribution is 0.255. The molecule has 0 heterocycles. The Morgan fingerprint density at radius 3 is 2.00 bits per heavy atom. The van der Waals surface area contributed by atoms with Gasteiger partial charge in [-0.1, -0.05) is 6.92 Å². The minimum atomic E-state index is -0.837. The van der Waals surface area contributed by atoms with Crippen LogP contribution in [-0.2, 0) is 9.59 Å². The van der Waals surface area contributed by atoms with Crippen LogP contribution in [0.3, 0.4) is 0 Å². The van der Waals surface area contributed by atoms with Gasteiger partial charge in [-0.05, 0) is 31.6 Å². The molecule has 0 aromatic heterocycles. The van der Waals surface area contributed by atoms with Gasteiger partial charge in [0.25, 0.3) is 0 Å². The van der Waals surface area contributed by atoms with Gasteiger partial charge in [0.15, 0.2) is 5.66 Å². The molecule has 1 fully saturated rings. The average Bonchev–Trinajstić information content (AvgIpc) is 2.11. The first kappa shape index (κ1) is 9.85. The van der Waals surface area contributed by atoms with Gasteiger partial charge in [0.05, 0.1) is 0 Å². The third kappa shape index (κ3) is 2.35. The van der Waals surface area contributed by atoms with Crippen molar-refractivity contribution in [2.75, 3.05) is 0 Å². The van der Waals surface area contributed by atoms with E-state index in [1.54, 1.807) is 0 Å². The minimum Gasteiger partial charge on any atom is -0.211 e. The second kappa shape index (κ2) is 4.13. The lowest BCUT2D eigenvalue weighted by Gasteiger charge is -2.29. The summed E-state index contributed by atoms with van der Waals surface area (Å²) in [6, 6.07) is 0. The van der Waals surface area contributed by atoms with E-state index < -0.39 is 5.66 Å².